The average molecular weight is 138 g/mol. The number of phosphoric ester groups is 1. The normalized spacial score (nSPS) is 17.4. The van der Waals surface area contributed by atoms with Crippen LogP contribution in [0.4, 0.5) is 0 Å². The lowest BCUT2D eigenvalue weighted by molar-refractivity contribution is 0.247. The molecule has 0 aliphatic heterocycles. The van der Waals surface area contributed by atoms with E-state index in [2.05, 4.69) is 8.96 Å². The first-order valence-electron chi connectivity index (χ1n) is 2.15. The van der Waals surface area contributed by atoms with Crippen LogP contribution in [0.15, 0.2) is 0 Å². The zero-order valence-electron chi connectivity index (χ0n) is 4.83. The molecule has 0 aromatic carbocycles. The lowest BCUT2D eigenvalue weighted by atomic mass is 10.1. The van der Waals surface area contributed by atoms with Crippen molar-refractivity contribution in [3.8, 4) is 0 Å². The zero-order chi connectivity index (χ0) is 6.62. The molecule has 0 radical (unpaired) electrons. The summed E-state index contributed by atoms with van der Waals surface area (Å²) in [4.78, 5) is 8.43. The van der Waals surface area contributed by atoms with Crippen LogP contribution >= 0.6 is 7.82 Å². The van der Waals surface area contributed by atoms with Gasteiger partial charge >= 0.3 is 7.82 Å². The highest BCUT2D eigenvalue weighted by Gasteiger charge is 2.15. The van der Waals surface area contributed by atoms with Crippen LogP contribution in [0, 0.1) is 0 Å². The molecule has 0 aromatic heterocycles. The minimum atomic E-state index is -3.67. The van der Waals surface area contributed by atoms with Gasteiger partial charge in [-0.05, 0) is 0 Å². The molecule has 0 amide bonds. The van der Waals surface area contributed by atoms with E-state index in [-0.39, 0.29) is 7.48 Å². The average Bonchev–Trinajstić information content (AvgIpc) is 1.67. The van der Waals surface area contributed by atoms with E-state index in [0.29, 0.717) is 0 Å². The molecule has 8 heavy (non-hydrogen) atoms. The summed E-state index contributed by atoms with van der Waals surface area (Å²) in [5, 5.41) is 0. The highest BCUT2D eigenvalue weighted by molar-refractivity contribution is 7.48. The molecule has 0 spiro atoms. The Morgan fingerprint density at radius 1 is 1.75 bits per heavy atom. The van der Waals surface area contributed by atoms with Crippen LogP contribution in [0.2, 0.25) is 6.82 Å². The van der Waals surface area contributed by atoms with Gasteiger partial charge in [-0.25, -0.2) is 4.57 Å². The van der Waals surface area contributed by atoms with Crippen molar-refractivity contribution < 1.29 is 18.4 Å². The second-order valence-electron chi connectivity index (χ2n) is 1.07. The Morgan fingerprint density at radius 2 is 2.25 bits per heavy atom. The van der Waals surface area contributed by atoms with Gasteiger partial charge in [0.2, 0.25) is 0 Å². The van der Waals surface area contributed by atoms with Crippen LogP contribution in [-0.2, 0) is 13.5 Å². The molecule has 0 fully saturated rings. The lowest BCUT2D eigenvalue weighted by Gasteiger charge is -2.05. The van der Waals surface area contributed by atoms with Gasteiger partial charge in [-0.3, -0.25) is 4.52 Å². The molecule has 1 unspecified atom stereocenters. The first kappa shape index (κ1) is 8.17. The molecule has 4 nitrogen and oxygen atoms in total. The Morgan fingerprint density at radius 3 is 2.38 bits per heavy atom. The van der Waals surface area contributed by atoms with Gasteiger partial charge in [0.25, 0.3) is 7.48 Å². The van der Waals surface area contributed by atoms with Crippen molar-refractivity contribution in [2.24, 2.45) is 0 Å². The molecule has 6 heteroatoms. The molecule has 0 bridgehead atoms. The summed E-state index contributed by atoms with van der Waals surface area (Å²) in [6.07, 6.45) is 0. The van der Waals surface area contributed by atoms with Crippen LogP contribution in [0.5, 0.6) is 0 Å². The smallest absolute Gasteiger partial charge is 0.354 e. The second kappa shape index (κ2) is 3.25. The number of rotatable bonds is 3. The molecule has 1 atom stereocenters. The Bertz CT molecular complexity index is 104. The van der Waals surface area contributed by atoms with E-state index in [1.54, 1.807) is 6.82 Å². The number of phosphoric acid groups is 1. The maximum absolute atomic E-state index is 10.3. The predicted molar refractivity (Wildman–Crippen MR) is 30.9 cm³/mol. The SMILES string of the molecule is CBOP(=O)(O)OC. The van der Waals surface area contributed by atoms with Crippen LogP contribution in [-0.4, -0.2) is 19.5 Å². The highest BCUT2D eigenvalue weighted by Crippen LogP contribution is 2.40. The van der Waals surface area contributed by atoms with E-state index in [4.69, 9.17) is 4.89 Å². The third-order valence-corrected chi connectivity index (χ3v) is 1.57. The van der Waals surface area contributed by atoms with Crippen molar-refractivity contribution >= 4 is 15.3 Å². The fourth-order valence-electron chi connectivity index (χ4n) is 0.216. The van der Waals surface area contributed by atoms with E-state index >= 15 is 0 Å². The molecular weight excluding hydrogens is 130 g/mol. The molecule has 0 aliphatic carbocycles. The molecule has 0 aliphatic rings. The molecule has 48 valence electrons. The first-order chi connectivity index (χ1) is 3.62. The summed E-state index contributed by atoms with van der Waals surface area (Å²) >= 11 is 0. The molecule has 0 aromatic rings. The Hall–Kier alpha value is 0.175. The molecule has 0 saturated heterocycles. The standard InChI is InChI=1S/C2H8BO4P/c1-3-7-8(4,5)6-2/h3H,1-2H3,(H,4,5). The Kier molecular flexibility index (Phi) is 3.32. The van der Waals surface area contributed by atoms with Gasteiger partial charge in [0, 0.05) is 7.11 Å². The maximum Gasteiger partial charge on any atom is 0.457 e. The third kappa shape index (κ3) is 3.21. The lowest BCUT2D eigenvalue weighted by Crippen LogP contribution is -1.92. The van der Waals surface area contributed by atoms with E-state index in [0.717, 1.165) is 7.11 Å². The van der Waals surface area contributed by atoms with E-state index in [1.807, 2.05) is 0 Å². The largest absolute Gasteiger partial charge is 0.457 e. The van der Waals surface area contributed by atoms with Gasteiger partial charge < -0.3 is 9.33 Å². The predicted octanol–water partition coefficient (Wildman–Crippen LogP) is 0.149. The summed E-state index contributed by atoms with van der Waals surface area (Å²) in [7, 11) is -2.37. The van der Waals surface area contributed by atoms with Crippen LogP contribution in [0.25, 0.3) is 0 Å². The van der Waals surface area contributed by atoms with Crippen LogP contribution in [0.1, 0.15) is 0 Å². The summed E-state index contributed by atoms with van der Waals surface area (Å²) in [5.74, 6) is 0. The van der Waals surface area contributed by atoms with Gasteiger partial charge in [-0.1, -0.05) is 6.82 Å². The van der Waals surface area contributed by atoms with Crippen molar-refractivity contribution in [3.63, 3.8) is 0 Å². The summed E-state index contributed by atoms with van der Waals surface area (Å²) < 4.78 is 18.6. The van der Waals surface area contributed by atoms with Crippen molar-refractivity contribution in [1.29, 1.82) is 0 Å². The van der Waals surface area contributed by atoms with E-state index in [1.165, 1.54) is 0 Å². The maximum atomic E-state index is 10.3. The molecule has 1 N–H and O–H groups in total. The topological polar surface area (TPSA) is 55.8 Å². The molecule has 0 rings (SSSR count). The zero-order valence-corrected chi connectivity index (χ0v) is 5.72. The van der Waals surface area contributed by atoms with Gasteiger partial charge in [-0.2, -0.15) is 0 Å². The van der Waals surface area contributed by atoms with Gasteiger partial charge in [0.1, 0.15) is 0 Å². The molecular formula is C2H8BO4P. The van der Waals surface area contributed by atoms with E-state index in [9.17, 15) is 4.57 Å². The summed E-state index contributed by atoms with van der Waals surface area (Å²) in [6, 6.07) is 0. The quantitative estimate of drug-likeness (QED) is 0.445. The number of hydrogen-bond donors (Lipinski definition) is 1. The summed E-state index contributed by atoms with van der Waals surface area (Å²) in [6.45, 7) is 1.61. The highest BCUT2D eigenvalue weighted by atomic mass is 31.2. The minimum absolute atomic E-state index is 0.182. The monoisotopic (exact) mass is 138 g/mol. The molecule has 0 heterocycles. The van der Waals surface area contributed by atoms with Gasteiger partial charge in [-0.15, -0.1) is 0 Å². The minimum Gasteiger partial charge on any atom is -0.354 e. The van der Waals surface area contributed by atoms with Gasteiger partial charge in [0.15, 0.2) is 0 Å². The fraction of sp³-hybridized carbons (Fsp3) is 1.00. The third-order valence-electron chi connectivity index (χ3n) is 0.523. The number of hydrogen-bond acceptors (Lipinski definition) is 3. The Balaban J connectivity index is 3.55. The summed E-state index contributed by atoms with van der Waals surface area (Å²) in [5.41, 5.74) is 0. The molecule has 0 saturated carbocycles. The van der Waals surface area contributed by atoms with Crippen LogP contribution in [0.3, 0.4) is 0 Å². The van der Waals surface area contributed by atoms with Crippen molar-refractivity contribution in [2.75, 3.05) is 7.11 Å². The van der Waals surface area contributed by atoms with Crippen LogP contribution < -0.4 is 0 Å². The van der Waals surface area contributed by atoms with Gasteiger partial charge in [0.05, 0.1) is 0 Å². The first-order valence-corrected chi connectivity index (χ1v) is 3.65. The van der Waals surface area contributed by atoms with Crippen molar-refractivity contribution in [3.05, 3.63) is 0 Å². The Labute approximate surface area is 48.7 Å². The van der Waals surface area contributed by atoms with Crippen molar-refractivity contribution in [1.82, 2.24) is 0 Å². The van der Waals surface area contributed by atoms with Crippen molar-refractivity contribution in [2.45, 2.75) is 6.82 Å². The van der Waals surface area contributed by atoms with E-state index < -0.39 is 7.82 Å². The fourth-order valence-corrected chi connectivity index (χ4v) is 0.648. The second-order valence-corrected chi connectivity index (χ2v) is 2.63.